The Morgan fingerprint density at radius 3 is 2.55 bits per heavy atom. The molecular weight excluding hydrogens is 298 g/mol. The van der Waals surface area contributed by atoms with Crippen LogP contribution in [0.1, 0.15) is 48.1 Å². The molecule has 0 spiro atoms. The molecule has 0 aromatic heterocycles. The van der Waals surface area contributed by atoms with Gasteiger partial charge in [-0.3, -0.25) is 9.69 Å². The summed E-state index contributed by atoms with van der Waals surface area (Å²) in [5.41, 5.74) is 4.54. The minimum atomic E-state index is -0.642. The Morgan fingerprint density at radius 1 is 1.41 bits per heavy atom. The maximum Gasteiger partial charge on any atom is 0.266 e. The largest absolute Gasteiger partial charge is 0.468 e. The van der Waals surface area contributed by atoms with Crippen molar-refractivity contribution in [3.05, 3.63) is 34.4 Å². The van der Waals surface area contributed by atoms with Crippen molar-refractivity contribution in [1.29, 1.82) is 0 Å². The van der Waals surface area contributed by atoms with Crippen LogP contribution in [0, 0.1) is 20.8 Å². The highest BCUT2D eigenvalue weighted by molar-refractivity contribution is 7.80. The van der Waals surface area contributed by atoms with Crippen molar-refractivity contribution in [2.24, 2.45) is 0 Å². The number of rotatable bonds is 4. The predicted octanol–water partition coefficient (Wildman–Crippen LogP) is 2.96. The Morgan fingerprint density at radius 2 is 2.00 bits per heavy atom. The van der Waals surface area contributed by atoms with Gasteiger partial charge in [0.25, 0.3) is 5.17 Å². The highest BCUT2D eigenvalue weighted by Crippen LogP contribution is 2.33. The zero-order valence-corrected chi connectivity index (χ0v) is 14.4. The van der Waals surface area contributed by atoms with Crippen LogP contribution in [0.3, 0.4) is 0 Å². The first kappa shape index (κ1) is 16.9. The van der Waals surface area contributed by atoms with Gasteiger partial charge < -0.3 is 9.84 Å². The summed E-state index contributed by atoms with van der Waals surface area (Å²) in [6.07, 6.45) is -0.0299. The molecule has 1 N–H and O–H groups in total. The number of hydrogen-bond donors (Lipinski definition) is 1. The zero-order chi connectivity index (χ0) is 16.4. The summed E-state index contributed by atoms with van der Waals surface area (Å²) in [6.45, 7) is 8.36. The molecule has 1 aromatic rings. The molecule has 1 fully saturated rings. The van der Waals surface area contributed by atoms with E-state index < -0.39 is 6.10 Å². The number of amides is 1. The average molecular weight is 321 g/mol. The monoisotopic (exact) mass is 321 g/mol. The van der Waals surface area contributed by atoms with Gasteiger partial charge in [-0.05, 0) is 56.1 Å². The fourth-order valence-corrected chi connectivity index (χ4v) is 3.37. The summed E-state index contributed by atoms with van der Waals surface area (Å²) >= 11 is 5.20. The van der Waals surface area contributed by atoms with Gasteiger partial charge in [0.15, 0.2) is 0 Å². The lowest BCUT2D eigenvalue weighted by atomic mass is 9.93. The third-order valence-corrected chi connectivity index (χ3v) is 4.41. The average Bonchev–Trinajstić information content (AvgIpc) is 2.79. The van der Waals surface area contributed by atoms with Crippen LogP contribution in [0.15, 0.2) is 12.1 Å². The van der Waals surface area contributed by atoms with Crippen LogP contribution < -0.4 is 0 Å². The molecule has 0 radical (unpaired) electrons. The highest BCUT2D eigenvalue weighted by atomic mass is 32.1. The highest BCUT2D eigenvalue weighted by Gasteiger charge is 2.37. The van der Waals surface area contributed by atoms with Crippen molar-refractivity contribution in [2.75, 3.05) is 6.61 Å². The van der Waals surface area contributed by atoms with Gasteiger partial charge in [-0.2, -0.15) is 0 Å². The normalized spacial score (nSPS) is 19.2. The molecule has 1 aliphatic rings. The molecule has 22 heavy (non-hydrogen) atoms. The van der Waals surface area contributed by atoms with Crippen LogP contribution in [-0.2, 0) is 9.53 Å². The maximum absolute atomic E-state index is 12.5. The molecular formula is C17H23NO3S. The van der Waals surface area contributed by atoms with Crippen molar-refractivity contribution in [2.45, 2.75) is 52.7 Å². The molecule has 0 bridgehead atoms. The van der Waals surface area contributed by atoms with Gasteiger partial charge in [0, 0.05) is 0 Å². The number of thiocarbonyl (C=S) groups is 1. The van der Waals surface area contributed by atoms with Crippen LogP contribution in [0.2, 0.25) is 0 Å². The molecule has 1 saturated heterocycles. The molecule has 2 rings (SSSR count). The van der Waals surface area contributed by atoms with Crippen LogP contribution in [0.4, 0.5) is 0 Å². The fourth-order valence-electron chi connectivity index (χ4n) is 3.07. The third kappa shape index (κ3) is 3.31. The van der Waals surface area contributed by atoms with E-state index in [1.165, 1.54) is 10.5 Å². The molecule has 0 unspecified atom stereocenters. The molecule has 1 amide bonds. The van der Waals surface area contributed by atoms with E-state index in [0.29, 0.717) is 13.0 Å². The number of hydrogen-bond acceptors (Lipinski definition) is 4. The van der Waals surface area contributed by atoms with Crippen molar-refractivity contribution in [3.8, 4) is 0 Å². The Kier molecular flexibility index (Phi) is 5.19. The summed E-state index contributed by atoms with van der Waals surface area (Å²) in [4.78, 5) is 14.0. The van der Waals surface area contributed by atoms with Crippen molar-refractivity contribution in [3.63, 3.8) is 0 Å². The Labute approximate surface area is 137 Å². The molecule has 1 aliphatic heterocycles. The zero-order valence-electron chi connectivity index (χ0n) is 13.5. The van der Waals surface area contributed by atoms with E-state index in [9.17, 15) is 9.90 Å². The number of carbonyl (C=O) groups is 1. The summed E-state index contributed by atoms with van der Waals surface area (Å²) in [7, 11) is 0. The topological polar surface area (TPSA) is 49.8 Å². The fraction of sp³-hybridized carbons (Fsp3) is 0.529. The van der Waals surface area contributed by atoms with Gasteiger partial charge in [-0.25, -0.2) is 0 Å². The summed E-state index contributed by atoms with van der Waals surface area (Å²) in [5.74, 6) is -0.179. The van der Waals surface area contributed by atoms with Gasteiger partial charge in [-0.15, -0.1) is 0 Å². The minimum absolute atomic E-state index is 0.0699. The number of aryl methyl sites for hydroxylation is 3. The molecule has 1 aromatic carbocycles. The lowest BCUT2D eigenvalue weighted by Crippen LogP contribution is -2.36. The quantitative estimate of drug-likeness (QED) is 0.866. The minimum Gasteiger partial charge on any atom is -0.468 e. The Balaban J connectivity index is 2.34. The number of aliphatic hydroxyl groups excluding tert-OH is 1. The van der Waals surface area contributed by atoms with Gasteiger partial charge >= 0.3 is 0 Å². The maximum atomic E-state index is 12.5. The van der Waals surface area contributed by atoms with Crippen molar-refractivity contribution in [1.82, 2.24) is 4.90 Å². The van der Waals surface area contributed by atoms with Crippen molar-refractivity contribution >= 4 is 23.3 Å². The van der Waals surface area contributed by atoms with Crippen molar-refractivity contribution < 1.29 is 14.6 Å². The molecule has 5 heteroatoms. The number of nitrogens with zero attached hydrogens (tertiary/aromatic N) is 1. The molecule has 4 nitrogen and oxygen atoms in total. The van der Waals surface area contributed by atoms with E-state index in [-0.39, 0.29) is 23.5 Å². The Hall–Kier alpha value is -1.46. The van der Waals surface area contributed by atoms with Crippen LogP contribution in [-0.4, -0.2) is 33.8 Å². The van der Waals surface area contributed by atoms with E-state index in [0.717, 1.165) is 16.7 Å². The van der Waals surface area contributed by atoms with Crippen LogP contribution in [0.5, 0.6) is 0 Å². The second kappa shape index (κ2) is 6.75. The third-order valence-electron chi connectivity index (χ3n) is 4.09. The van der Waals surface area contributed by atoms with E-state index in [1.54, 1.807) is 0 Å². The molecule has 120 valence electrons. The standard InChI is InChI=1S/C17H23NO3S/c1-5-13(19)8-15(20)18-14(9-21-17(18)22)16-11(3)6-10(2)7-12(16)4/h6-7,13-14,19H,5,8-9H2,1-4H3/t13-,14+/m0/s1. The van der Waals surface area contributed by atoms with Gasteiger partial charge in [-0.1, -0.05) is 24.6 Å². The van der Waals surface area contributed by atoms with Gasteiger partial charge in [0.2, 0.25) is 5.91 Å². The van der Waals surface area contributed by atoms with Crippen LogP contribution >= 0.6 is 12.2 Å². The van der Waals surface area contributed by atoms with E-state index >= 15 is 0 Å². The first-order valence-electron chi connectivity index (χ1n) is 7.59. The lowest BCUT2D eigenvalue weighted by Gasteiger charge is -2.25. The molecule has 0 saturated carbocycles. The molecule has 1 heterocycles. The summed E-state index contributed by atoms with van der Waals surface area (Å²) in [5, 5.41) is 9.95. The number of benzene rings is 1. The van der Waals surface area contributed by atoms with Gasteiger partial charge in [0.05, 0.1) is 12.5 Å². The number of ether oxygens (including phenoxy) is 1. The van der Waals surface area contributed by atoms with E-state index in [2.05, 4.69) is 19.1 Å². The molecule has 0 aliphatic carbocycles. The second-order valence-corrected chi connectivity index (χ2v) is 6.28. The Bertz CT molecular complexity index is 577. The van der Waals surface area contributed by atoms with Gasteiger partial charge in [0.1, 0.15) is 12.6 Å². The molecule has 2 atom stereocenters. The summed E-state index contributed by atoms with van der Waals surface area (Å²) < 4.78 is 5.46. The lowest BCUT2D eigenvalue weighted by molar-refractivity contribution is -0.130. The smallest absolute Gasteiger partial charge is 0.266 e. The van der Waals surface area contributed by atoms with E-state index in [4.69, 9.17) is 17.0 Å². The first-order chi connectivity index (χ1) is 10.3. The summed E-state index contributed by atoms with van der Waals surface area (Å²) in [6, 6.07) is 4.00. The first-order valence-corrected chi connectivity index (χ1v) is 8.00. The second-order valence-electron chi connectivity index (χ2n) is 5.94. The predicted molar refractivity (Wildman–Crippen MR) is 89.7 cm³/mol. The van der Waals surface area contributed by atoms with Crippen LogP contribution in [0.25, 0.3) is 0 Å². The number of carbonyl (C=O) groups excluding carboxylic acids is 1. The number of aliphatic hydroxyl groups is 1. The van der Waals surface area contributed by atoms with E-state index in [1.807, 2.05) is 20.8 Å². The SMILES string of the molecule is CC[C@H](O)CC(=O)N1C(=S)OC[C@@H]1c1c(C)cc(C)cc1C.